The molecule has 0 fully saturated rings. The second-order valence-corrected chi connectivity index (χ2v) is 5.21. The van der Waals surface area contributed by atoms with Crippen LogP contribution < -0.4 is 4.74 Å². The Bertz CT molecular complexity index is 686. The Hall–Kier alpha value is -2.42. The average molecular weight is 280 g/mol. The number of fused-ring (bicyclic) bond motifs is 1. The van der Waals surface area contributed by atoms with E-state index in [2.05, 4.69) is 0 Å². The molecule has 106 valence electrons. The Labute approximate surface area is 123 Å². The maximum absolute atomic E-state index is 12.6. The molecule has 2 aromatic carbocycles. The van der Waals surface area contributed by atoms with Crippen LogP contribution in [-0.4, -0.2) is 18.7 Å². The standard InChI is InChI=1S/C18H16O3/c1-21-14-9-6-13(7-10-14)17(19)16-11-8-12-4-2-3-5-15(12)18(16)20/h2-7,9-10,16H,8,11H2,1H3. The first-order chi connectivity index (χ1) is 10.2. The molecule has 3 nitrogen and oxygen atoms in total. The third kappa shape index (κ3) is 2.47. The fraction of sp³-hybridized carbons (Fsp3) is 0.222. The Kier molecular flexibility index (Phi) is 3.57. The summed E-state index contributed by atoms with van der Waals surface area (Å²) < 4.78 is 5.08. The van der Waals surface area contributed by atoms with Crippen molar-refractivity contribution in [1.29, 1.82) is 0 Å². The van der Waals surface area contributed by atoms with Crippen molar-refractivity contribution in [2.45, 2.75) is 12.8 Å². The Morgan fingerprint density at radius 1 is 1.10 bits per heavy atom. The van der Waals surface area contributed by atoms with E-state index < -0.39 is 5.92 Å². The lowest BCUT2D eigenvalue weighted by atomic mass is 9.79. The summed E-state index contributed by atoms with van der Waals surface area (Å²) in [6, 6.07) is 14.5. The molecule has 2 aromatic rings. The molecular formula is C18H16O3. The lowest BCUT2D eigenvalue weighted by molar-refractivity contribution is 0.0790. The van der Waals surface area contributed by atoms with Crippen LogP contribution in [-0.2, 0) is 6.42 Å². The zero-order chi connectivity index (χ0) is 14.8. The molecule has 0 bridgehead atoms. The summed E-state index contributed by atoms with van der Waals surface area (Å²) in [5, 5.41) is 0. The molecule has 0 amide bonds. The smallest absolute Gasteiger partial charge is 0.173 e. The largest absolute Gasteiger partial charge is 0.497 e. The van der Waals surface area contributed by atoms with Crippen molar-refractivity contribution in [2.24, 2.45) is 5.92 Å². The Morgan fingerprint density at radius 2 is 1.81 bits per heavy atom. The molecule has 3 heteroatoms. The molecule has 1 atom stereocenters. The summed E-state index contributed by atoms with van der Waals surface area (Å²) >= 11 is 0. The normalized spacial score (nSPS) is 17.2. The fourth-order valence-corrected chi connectivity index (χ4v) is 2.80. The summed E-state index contributed by atoms with van der Waals surface area (Å²) in [5.74, 6) is -0.0185. The van der Waals surface area contributed by atoms with Gasteiger partial charge in [-0.1, -0.05) is 24.3 Å². The number of benzene rings is 2. The van der Waals surface area contributed by atoms with Crippen molar-refractivity contribution in [3.05, 3.63) is 65.2 Å². The SMILES string of the molecule is COc1ccc(C(=O)C2CCc3ccccc3C2=O)cc1. The van der Waals surface area contributed by atoms with Crippen LogP contribution in [0.25, 0.3) is 0 Å². The molecule has 0 spiro atoms. The highest BCUT2D eigenvalue weighted by atomic mass is 16.5. The summed E-state index contributed by atoms with van der Waals surface area (Å²) in [6.07, 6.45) is 1.36. The number of methoxy groups -OCH3 is 1. The quantitative estimate of drug-likeness (QED) is 0.640. The number of hydrogen-bond donors (Lipinski definition) is 0. The molecule has 0 saturated heterocycles. The highest BCUT2D eigenvalue weighted by Gasteiger charge is 2.32. The first kappa shape index (κ1) is 13.6. The summed E-state index contributed by atoms with van der Waals surface area (Å²) in [4.78, 5) is 25.1. The maximum Gasteiger partial charge on any atom is 0.173 e. The predicted molar refractivity (Wildman–Crippen MR) is 79.9 cm³/mol. The number of hydrogen-bond acceptors (Lipinski definition) is 3. The van der Waals surface area contributed by atoms with E-state index in [4.69, 9.17) is 4.74 Å². The van der Waals surface area contributed by atoms with Gasteiger partial charge < -0.3 is 4.74 Å². The highest BCUT2D eigenvalue weighted by Crippen LogP contribution is 2.28. The fourth-order valence-electron chi connectivity index (χ4n) is 2.80. The van der Waals surface area contributed by atoms with Crippen molar-refractivity contribution in [3.8, 4) is 5.75 Å². The van der Waals surface area contributed by atoms with Crippen LogP contribution in [0.2, 0.25) is 0 Å². The van der Waals surface area contributed by atoms with E-state index in [1.807, 2.05) is 24.3 Å². The summed E-state index contributed by atoms with van der Waals surface area (Å²) in [5.41, 5.74) is 2.30. The number of aryl methyl sites for hydroxylation is 1. The number of rotatable bonds is 3. The zero-order valence-electron chi connectivity index (χ0n) is 11.8. The van der Waals surface area contributed by atoms with Gasteiger partial charge in [-0.05, 0) is 42.7 Å². The number of ketones is 2. The molecule has 0 heterocycles. The van der Waals surface area contributed by atoms with E-state index >= 15 is 0 Å². The Morgan fingerprint density at radius 3 is 2.52 bits per heavy atom. The van der Waals surface area contributed by atoms with Gasteiger partial charge in [-0.2, -0.15) is 0 Å². The second-order valence-electron chi connectivity index (χ2n) is 5.21. The average Bonchev–Trinajstić information content (AvgIpc) is 2.55. The van der Waals surface area contributed by atoms with Crippen LogP contribution in [0.15, 0.2) is 48.5 Å². The molecule has 3 rings (SSSR count). The van der Waals surface area contributed by atoms with E-state index in [1.165, 1.54) is 0 Å². The van der Waals surface area contributed by atoms with Crippen molar-refractivity contribution >= 4 is 11.6 Å². The van der Waals surface area contributed by atoms with Crippen LogP contribution in [0.4, 0.5) is 0 Å². The molecule has 0 radical (unpaired) electrons. The molecule has 0 aliphatic heterocycles. The number of ether oxygens (including phenoxy) is 1. The van der Waals surface area contributed by atoms with Crippen molar-refractivity contribution in [3.63, 3.8) is 0 Å². The molecule has 0 N–H and O–H groups in total. The van der Waals surface area contributed by atoms with Crippen molar-refractivity contribution in [1.82, 2.24) is 0 Å². The lowest BCUT2D eigenvalue weighted by Gasteiger charge is -2.22. The predicted octanol–water partition coefficient (Wildman–Crippen LogP) is 3.32. The van der Waals surface area contributed by atoms with Gasteiger partial charge >= 0.3 is 0 Å². The first-order valence-electron chi connectivity index (χ1n) is 7.01. The van der Waals surface area contributed by atoms with Crippen LogP contribution in [0.1, 0.15) is 32.7 Å². The molecule has 0 saturated carbocycles. The minimum absolute atomic E-state index is 0.0577. The van der Waals surface area contributed by atoms with Gasteiger partial charge in [0, 0.05) is 11.1 Å². The summed E-state index contributed by atoms with van der Waals surface area (Å²) in [6.45, 7) is 0. The minimum atomic E-state index is -0.562. The third-order valence-corrected chi connectivity index (χ3v) is 3.99. The molecular weight excluding hydrogens is 264 g/mol. The van der Waals surface area contributed by atoms with Gasteiger partial charge in [-0.25, -0.2) is 0 Å². The molecule has 1 aliphatic carbocycles. The maximum atomic E-state index is 12.6. The molecule has 1 aliphatic rings. The van der Waals surface area contributed by atoms with Crippen LogP contribution in [0.3, 0.4) is 0 Å². The zero-order valence-corrected chi connectivity index (χ0v) is 11.8. The van der Waals surface area contributed by atoms with E-state index in [0.717, 1.165) is 12.0 Å². The van der Waals surface area contributed by atoms with E-state index in [9.17, 15) is 9.59 Å². The molecule has 1 unspecified atom stereocenters. The van der Waals surface area contributed by atoms with Crippen molar-refractivity contribution < 1.29 is 14.3 Å². The Balaban J connectivity index is 1.87. The van der Waals surface area contributed by atoms with Gasteiger partial charge in [-0.15, -0.1) is 0 Å². The van der Waals surface area contributed by atoms with Gasteiger partial charge in [-0.3, -0.25) is 9.59 Å². The second kappa shape index (κ2) is 5.52. The van der Waals surface area contributed by atoms with Gasteiger partial charge in [0.25, 0.3) is 0 Å². The van der Waals surface area contributed by atoms with E-state index in [0.29, 0.717) is 23.3 Å². The first-order valence-corrected chi connectivity index (χ1v) is 7.01. The monoisotopic (exact) mass is 280 g/mol. The van der Waals surface area contributed by atoms with Gasteiger partial charge in [0.05, 0.1) is 13.0 Å². The van der Waals surface area contributed by atoms with Crippen molar-refractivity contribution in [2.75, 3.05) is 7.11 Å². The number of carbonyl (C=O) groups excluding carboxylic acids is 2. The minimum Gasteiger partial charge on any atom is -0.497 e. The lowest BCUT2D eigenvalue weighted by Crippen LogP contribution is -2.29. The van der Waals surface area contributed by atoms with Gasteiger partial charge in [0.2, 0.25) is 0 Å². The van der Waals surface area contributed by atoms with E-state index in [-0.39, 0.29) is 11.6 Å². The van der Waals surface area contributed by atoms with Gasteiger partial charge in [0.15, 0.2) is 11.6 Å². The number of carbonyl (C=O) groups is 2. The number of Topliss-reactive ketones (excluding diaryl/α,β-unsaturated/α-hetero) is 2. The summed E-state index contributed by atoms with van der Waals surface area (Å²) in [7, 11) is 1.58. The topological polar surface area (TPSA) is 43.4 Å². The van der Waals surface area contributed by atoms with Gasteiger partial charge in [0.1, 0.15) is 5.75 Å². The van der Waals surface area contributed by atoms with Crippen LogP contribution >= 0.6 is 0 Å². The third-order valence-electron chi connectivity index (χ3n) is 3.99. The van der Waals surface area contributed by atoms with Crippen LogP contribution in [0.5, 0.6) is 5.75 Å². The molecule has 0 aromatic heterocycles. The van der Waals surface area contributed by atoms with E-state index in [1.54, 1.807) is 31.4 Å². The molecule has 21 heavy (non-hydrogen) atoms. The van der Waals surface area contributed by atoms with Crippen LogP contribution in [0, 0.1) is 5.92 Å². The highest BCUT2D eigenvalue weighted by molar-refractivity contribution is 6.17.